The van der Waals surface area contributed by atoms with Crippen molar-refractivity contribution in [3.05, 3.63) is 22.7 Å². The van der Waals surface area contributed by atoms with Gasteiger partial charge in [0.15, 0.2) is 5.52 Å². The molecule has 0 unspecified atom stereocenters. The molecule has 1 fully saturated rings. The number of nitrogens with zero attached hydrogens (tertiary/aromatic N) is 2. The number of nitrogens with one attached hydrogen (secondary N) is 1. The van der Waals surface area contributed by atoms with Gasteiger partial charge in [-0.2, -0.15) is 0 Å². The lowest BCUT2D eigenvalue weighted by molar-refractivity contribution is -0.0430. The largest absolute Gasteiger partial charge is 0.394 e. The second-order valence-electron chi connectivity index (χ2n) is 4.55. The van der Waals surface area contributed by atoms with Crippen molar-refractivity contribution < 1.29 is 14.9 Å². The zero-order valence-electron chi connectivity index (χ0n) is 9.98. The van der Waals surface area contributed by atoms with E-state index in [1.807, 2.05) is 0 Å². The van der Waals surface area contributed by atoms with Gasteiger partial charge in [-0.3, -0.25) is 4.79 Å². The first-order valence-electron chi connectivity index (χ1n) is 5.90. The average molecular weight is 266 g/mol. The van der Waals surface area contributed by atoms with E-state index in [9.17, 15) is 9.90 Å². The van der Waals surface area contributed by atoms with Crippen LogP contribution in [0.1, 0.15) is 12.6 Å². The first kappa shape index (κ1) is 12.2. The van der Waals surface area contributed by atoms with Crippen molar-refractivity contribution in [1.82, 2.24) is 14.5 Å². The molecule has 5 N–H and O–H groups in total. The number of fused-ring (bicyclic) bond motifs is 1. The van der Waals surface area contributed by atoms with Crippen molar-refractivity contribution >= 4 is 16.9 Å². The summed E-state index contributed by atoms with van der Waals surface area (Å²) in [4.78, 5) is 18.2. The van der Waals surface area contributed by atoms with E-state index in [-0.39, 0.29) is 23.5 Å². The molecule has 102 valence electrons. The number of hydrogen-bond donors (Lipinski definition) is 4. The van der Waals surface area contributed by atoms with Crippen molar-refractivity contribution in [2.24, 2.45) is 0 Å². The molecule has 0 bridgehead atoms. The van der Waals surface area contributed by atoms with Gasteiger partial charge < -0.3 is 30.2 Å². The lowest BCUT2D eigenvalue weighted by Gasteiger charge is -2.14. The molecule has 0 aromatic carbocycles. The van der Waals surface area contributed by atoms with Crippen LogP contribution in [-0.4, -0.2) is 43.6 Å². The highest BCUT2D eigenvalue weighted by Crippen LogP contribution is 2.30. The molecule has 19 heavy (non-hydrogen) atoms. The van der Waals surface area contributed by atoms with E-state index in [1.165, 1.54) is 6.33 Å². The van der Waals surface area contributed by atoms with E-state index in [4.69, 9.17) is 15.6 Å². The van der Waals surface area contributed by atoms with Crippen LogP contribution >= 0.6 is 0 Å². The molecule has 3 rings (SSSR count). The molecule has 1 aliphatic heterocycles. The van der Waals surface area contributed by atoms with Crippen molar-refractivity contribution in [3.63, 3.8) is 0 Å². The third-order valence-electron chi connectivity index (χ3n) is 3.29. The van der Waals surface area contributed by atoms with Gasteiger partial charge >= 0.3 is 0 Å². The minimum atomic E-state index is -0.744. The monoisotopic (exact) mass is 266 g/mol. The third kappa shape index (κ3) is 1.89. The number of anilines is 1. The number of aromatic amines is 1. The number of rotatable bonds is 2. The Bertz CT molecular complexity index is 664. The average Bonchev–Trinajstić information content (AvgIpc) is 2.92. The summed E-state index contributed by atoms with van der Waals surface area (Å²) in [5.74, 6) is 0.233. The molecule has 0 radical (unpaired) electrons. The molecule has 8 nitrogen and oxygen atoms in total. The minimum Gasteiger partial charge on any atom is -0.394 e. The molecule has 2 aromatic heterocycles. The van der Waals surface area contributed by atoms with Crippen molar-refractivity contribution in [1.29, 1.82) is 0 Å². The van der Waals surface area contributed by atoms with E-state index in [2.05, 4.69) is 9.97 Å². The van der Waals surface area contributed by atoms with Gasteiger partial charge in [0.25, 0.3) is 5.56 Å². The van der Waals surface area contributed by atoms with Crippen molar-refractivity contribution in [3.8, 4) is 0 Å². The summed E-state index contributed by atoms with van der Waals surface area (Å²) < 4.78 is 7.16. The molecule has 0 amide bonds. The summed E-state index contributed by atoms with van der Waals surface area (Å²) in [6.07, 6.45) is -0.0493. The van der Waals surface area contributed by atoms with Gasteiger partial charge in [0.05, 0.1) is 24.6 Å². The molecule has 0 aliphatic carbocycles. The molecule has 2 aromatic rings. The summed E-state index contributed by atoms with van der Waals surface area (Å²) in [7, 11) is 0. The molecule has 1 aliphatic rings. The molecule has 0 saturated carbocycles. The van der Waals surface area contributed by atoms with Crippen molar-refractivity contribution in [2.75, 3.05) is 12.3 Å². The predicted molar refractivity (Wildman–Crippen MR) is 66.4 cm³/mol. The Hall–Kier alpha value is -1.90. The normalized spacial score (nSPS) is 27.2. The van der Waals surface area contributed by atoms with Crippen LogP contribution in [0.3, 0.4) is 0 Å². The second-order valence-corrected chi connectivity index (χ2v) is 4.55. The number of nitrogens with two attached hydrogens (primary N) is 1. The molecular formula is C11H14N4O4. The maximum atomic E-state index is 11.7. The lowest BCUT2D eigenvalue weighted by atomic mass is 10.2. The quantitative estimate of drug-likeness (QED) is 0.549. The van der Waals surface area contributed by atoms with Gasteiger partial charge in [0.2, 0.25) is 0 Å². The number of aliphatic hydroxyl groups is 2. The molecule has 1 saturated heterocycles. The van der Waals surface area contributed by atoms with Gasteiger partial charge in [-0.1, -0.05) is 0 Å². The van der Waals surface area contributed by atoms with Gasteiger partial charge in [0.1, 0.15) is 18.1 Å². The number of H-pyrrole nitrogens is 1. The summed E-state index contributed by atoms with van der Waals surface area (Å²) >= 11 is 0. The summed E-state index contributed by atoms with van der Waals surface area (Å²) in [5.41, 5.74) is 6.04. The Kier molecular flexibility index (Phi) is 2.77. The topological polar surface area (TPSA) is 126 Å². The minimum absolute atomic E-state index is 0.233. The highest BCUT2D eigenvalue weighted by molar-refractivity contribution is 5.76. The van der Waals surface area contributed by atoms with Gasteiger partial charge in [-0.15, -0.1) is 0 Å². The second kappa shape index (κ2) is 4.34. The molecule has 8 heteroatoms. The standard InChI is InChI=1S/C11H14N4O4/c12-8-1-5-10(11(18)14-8)13-4-15(5)9-2-6(17)7(3-16)19-9/h1,4,6-7,9,16-17H,2-3H2,(H3,12,14,18)/t6-,7+,9-/m0/s1. The van der Waals surface area contributed by atoms with Crippen LogP contribution in [0, 0.1) is 0 Å². The third-order valence-corrected chi connectivity index (χ3v) is 3.29. The summed E-state index contributed by atoms with van der Waals surface area (Å²) in [5, 5.41) is 18.8. The van der Waals surface area contributed by atoms with Crippen LogP contribution in [-0.2, 0) is 4.74 Å². The number of nitrogen functional groups attached to an aromatic ring is 1. The number of aliphatic hydroxyl groups excluding tert-OH is 2. The van der Waals surface area contributed by atoms with E-state index >= 15 is 0 Å². The molecule has 3 heterocycles. The van der Waals surface area contributed by atoms with Gasteiger partial charge in [0, 0.05) is 12.5 Å². The van der Waals surface area contributed by atoms with E-state index in [0.29, 0.717) is 11.9 Å². The smallest absolute Gasteiger partial charge is 0.277 e. The zero-order chi connectivity index (χ0) is 13.6. The Morgan fingerprint density at radius 1 is 1.63 bits per heavy atom. The highest BCUT2D eigenvalue weighted by atomic mass is 16.5. The van der Waals surface area contributed by atoms with Crippen LogP contribution < -0.4 is 11.3 Å². The predicted octanol–water partition coefficient (Wildman–Crippen LogP) is -1.05. The van der Waals surface area contributed by atoms with Gasteiger partial charge in [-0.05, 0) is 0 Å². The van der Waals surface area contributed by atoms with E-state index in [1.54, 1.807) is 10.6 Å². The number of aromatic nitrogens is 3. The van der Waals surface area contributed by atoms with Crippen LogP contribution in [0.5, 0.6) is 0 Å². The van der Waals surface area contributed by atoms with E-state index in [0.717, 1.165) is 0 Å². The van der Waals surface area contributed by atoms with Crippen LogP contribution in [0.4, 0.5) is 5.82 Å². The first-order valence-corrected chi connectivity index (χ1v) is 5.90. The Morgan fingerprint density at radius 3 is 3.11 bits per heavy atom. The number of pyridine rings is 1. The fourth-order valence-electron chi connectivity index (χ4n) is 2.34. The molecular weight excluding hydrogens is 252 g/mol. The number of imidazole rings is 1. The van der Waals surface area contributed by atoms with Crippen molar-refractivity contribution in [2.45, 2.75) is 24.9 Å². The van der Waals surface area contributed by atoms with Crippen LogP contribution in [0.25, 0.3) is 11.0 Å². The molecule has 0 spiro atoms. The van der Waals surface area contributed by atoms with E-state index < -0.39 is 18.4 Å². The summed E-state index contributed by atoms with van der Waals surface area (Å²) in [6.45, 7) is -0.257. The maximum absolute atomic E-state index is 11.7. The van der Waals surface area contributed by atoms with Crippen LogP contribution in [0.15, 0.2) is 17.2 Å². The fourth-order valence-corrected chi connectivity index (χ4v) is 2.34. The van der Waals surface area contributed by atoms with Crippen LogP contribution in [0.2, 0.25) is 0 Å². The molecule has 3 atom stereocenters. The zero-order valence-corrected chi connectivity index (χ0v) is 9.98. The summed E-state index contributed by atoms with van der Waals surface area (Å²) in [6, 6.07) is 1.59. The lowest BCUT2D eigenvalue weighted by Crippen LogP contribution is -2.24. The maximum Gasteiger partial charge on any atom is 0.277 e. The Balaban J connectivity index is 2.05. The van der Waals surface area contributed by atoms with Gasteiger partial charge in [-0.25, -0.2) is 4.98 Å². The SMILES string of the molecule is Nc1cc2c(ncn2[C@@H]2C[C@H](O)[C@@H](CO)O2)c(=O)[nH]1. The highest BCUT2D eigenvalue weighted by Gasteiger charge is 2.35. The Labute approximate surface area is 107 Å². The fraction of sp³-hybridized carbons (Fsp3) is 0.455. The number of ether oxygens (including phenoxy) is 1. The Morgan fingerprint density at radius 2 is 2.42 bits per heavy atom. The number of hydrogen-bond acceptors (Lipinski definition) is 6. The first-order chi connectivity index (χ1) is 9.10.